The first kappa shape index (κ1) is 58.4. The van der Waals surface area contributed by atoms with Crippen LogP contribution in [0.1, 0.15) is 265 Å². The number of hydrogen-bond acceptors (Lipinski definition) is 6. The Kier molecular flexibility index (Phi) is 47.9. The normalized spacial score (nSPS) is 12.4. The average molecular weight is 855 g/mol. The molecule has 0 amide bonds. The number of carbonyl (C=O) groups excluding carboxylic acids is 3. The summed E-state index contributed by atoms with van der Waals surface area (Å²) in [4.78, 5) is 37.6. The van der Waals surface area contributed by atoms with Crippen molar-refractivity contribution < 1.29 is 28.6 Å². The molecule has 6 nitrogen and oxygen atoms in total. The summed E-state index contributed by atoms with van der Waals surface area (Å²) in [6, 6.07) is 0. The summed E-state index contributed by atoms with van der Waals surface area (Å²) in [5.41, 5.74) is 0. The van der Waals surface area contributed by atoms with Crippen LogP contribution in [0, 0.1) is 0 Å². The summed E-state index contributed by atoms with van der Waals surface area (Å²) in [7, 11) is 0. The maximum Gasteiger partial charge on any atom is 0.306 e. The third-order valence-corrected chi connectivity index (χ3v) is 11.3. The smallest absolute Gasteiger partial charge is 0.306 e. The molecule has 61 heavy (non-hydrogen) atoms. The summed E-state index contributed by atoms with van der Waals surface area (Å²) in [6.07, 6.45) is 60.1. The zero-order chi connectivity index (χ0) is 44.4. The van der Waals surface area contributed by atoms with Crippen LogP contribution in [0.2, 0.25) is 0 Å². The van der Waals surface area contributed by atoms with Crippen molar-refractivity contribution in [1.82, 2.24) is 0 Å². The Bertz CT molecular complexity index is 1070. The molecule has 354 valence electrons. The molecule has 0 heterocycles. The maximum atomic E-state index is 12.7. The molecule has 0 N–H and O–H groups in total. The maximum absolute atomic E-state index is 12.7. The number of allylic oxidation sites excluding steroid dienone is 8. The molecule has 0 spiro atoms. The minimum absolute atomic E-state index is 0.0766. The Labute approximate surface area is 378 Å². The van der Waals surface area contributed by atoms with Gasteiger partial charge in [-0.1, -0.05) is 217 Å². The first-order valence-electron chi connectivity index (χ1n) is 26.1. The zero-order valence-corrected chi connectivity index (χ0v) is 40.4. The monoisotopic (exact) mass is 855 g/mol. The van der Waals surface area contributed by atoms with Gasteiger partial charge in [0, 0.05) is 19.3 Å². The van der Waals surface area contributed by atoms with Gasteiger partial charge in [-0.25, -0.2) is 0 Å². The summed E-state index contributed by atoms with van der Waals surface area (Å²) >= 11 is 0. The van der Waals surface area contributed by atoms with E-state index < -0.39 is 6.10 Å². The van der Waals surface area contributed by atoms with Crippen LogP contribution >= 0.6 is 0 Å². The number of ether oxygens (including phenoxy) is 3. The topological polar surface area (TPSA) is 78.9 Å². The second-order valence-corrected chi connectivity index (χ2v) is 17.4. The summed E-state index contributed by atoms with van der Waals surface area (Å²) in [6.45, 7) is 6.50. The van der Waals surface area contributed by atoms with Crippen LogP contribution in [0.5, 0.6) is 0 Å². The lowest BCUT2D eigenvalue weighted by Gasteiger charge is -2.18. The Morgan fingerprint density at radius 2 is 0.607 bits per heavy atom. The van der Waals surface area contributed by atoms with Gasteiger partial charge in [-0.05, 0) is 77.0 Å². The molecule has 6 heteroatoms. The van der Waals surface area contributed by atoms with E-state index in [4.69, 9.17) is 14.2 Å². The lowest BCUT2D eigenvalue weighted by Crippen LogP contribution is -2.30. The molecular formula is C55H98O6. The first-order valence-corrected chi connectivity index (χ1v) is 26.1. The van der Waals surface area contributed by atoms with Gasteiger partial charge in [-0.15, -0.1) is 0 Å². The number of carbonyl (C=O) groups is 3. The number of unbranched alkanes of at least 4 members (excludes halogenated alkanes) is 28. The predicted molar refractivity (Wildman–Crippen MR) is 261 cm³/mol. The van der Waals surface area contributed by atoms with Crippen molar-refractivity contribution in [1.29, 1.82) is 0 Å². The van der Waals surface area contributed by atoms with Crippen LogP contribution in [0.3, 0.4) is 0 Å². The number of hydrogen-bond donors (Lipinski definition) is 0. The van der Waals surface area contributed by atoms with Crippen LogP contribution < -0.4 is 0 Å². The SMILES string of the molecule is CCCC/C=C\CCCCCCCC(=O)OC(COC(=O)CCCCCCC)COC(=O)CCCCCCCCCCCCCC/C=C\C/C=C\C/C=C\CCCCCCC. The van der Waals surface area contributed by atoms with E-state index in [1.807, 2.05) is 0 Å². The van der Waals surface area contributed by atoms with Gasteiger partial charge >= 0.3 is 17.9 Å². The highest BCUT2D eigenvalue weighted by Crippen LogP contribution is 2.15. The van der Waals surface area contributed by atoms with Crippen molar-refractivity contribution >= 4 is 17.9 Å². The Balaban J connectivity index is 4.01. The van der Waals surface area contributed by atoms with Gasteiger partial charge < -0.3 is 14.2 Å². The highest BCUT2D eigenvalue weighted by atomic mass is 16.6. The van der Waals surface area contributed by atoms with Gasteiger partial charge in [0.2, 0.25) is 0 Å². The molecule has 0 rings (SSSR count). The van der Waals surface area contributed by atoms with Crippen LogP contribution in [0.15, 0.2) is 48.6 Å². The molecule has 0 bridgehead atoms. The standard InChI is InChI=1S/C55H98O6/c1-4-7-10-13-15-17-19-20-21-22-23-24-25-26-27-28-29-30-31-32-33-34-36-37-39-42-45-48-54(57)60-51-52(50-59-53(56)47-44-41-12-9-6-3)61-55(58)49-46-43-40-38-35-18-16-14-11-8-5-2/h14,16,19-20,22-23,25-26,52H,4-13,15,17-18,21,24,27-51H2,1-3H3/b16-14-,20-19-,23-22-,26-25-. The van der Waals surface area contributed by atoms with Gasteiger partial charge in [0.25, 0.3) is 0 Å². The predicted octanol–water partition coefficient (Wildman–Crippen LogP) is 17.1. The van der Waals surface area contributed by atoms with E-state index >= 15 is 0 Å². The summed E-state index contributed by atoms with van der Waals surface area (Å²) in [5.74, 6) is -0.899. The average Bonchev–Trinajstić information content (AvgIpc) is 3.26. The van der Waals surface area contributed by atoms with Crippen molar-refractivity contribution in [2.45, 2.75) is 271 Å². The minimum Gasteiger partial charge on any atom is -0.462 e. The summed E-state index contributed by atoms with van der Waals surface area (Å²) in [5, 5.41) is 0. The number of rotatable bonds is 47. The van der Waals surface area contributed by atoms with Crippen molar-refractivity contribution in [3.8, 4) is 0 Å². The van der Waals surface area contributed by atoms with Crippen molar-refractivity contribution in [3.05, 3.63) is 48.6 Å². The first-order chi connectivity index (χ1) is 30.0. The molecule has 0 aliphatic heterocycles. The fourth-order valence-electron chi connectivity index (χ4n) is 7.31. The Morgan fingerprint density at radius 1 is 0.328 bits per heavy atom. The number of esters is 3. The lowest BCUT2D eigenvalue weighted by molar-refractivity contribution is -0.167. The van der Waals surface area contributed by atoms with E-state index in [2.05, 4.69) is 69.4 Å². The third-order valence-electron chi connectivity index (χ3n) is 11.3. The molecule has 0 saturated carbocycles. The van der Waals surface area contributed by atoms with Gasteiger partial charge in [-0.3, -0.25) is 14.4 Å². The molecular weight excluding hydrogens is 757 g/mol. The van der Waals surface area contributed by atoms with E-state index in [1.54, 1.807) is 0 Å². The van der Waals surface area contributed by atoms with Crippen LogP contribution in [0.4, 0.5) is 0 Å². The second kappa shape index (κ2) is 50.0. The Hall–Kier alpha value is -2.63. The Morgan fingerprint density at radius 3 is 0.984 bits per heavy atom. The van der Waals surface area contributed by atoms with Crippen LogP contribution in [0.25, 0.3) is 0 Å². The molecule has 1 atom stereocenters. The van der Waals surface area contributed by atoms with E-state index in [1.165, 1.54) is 135 Å². The van der Waals surface area contributed by atoms with Gasteiger partial charge in [0.05, 0.1) is 0 Å². The molecule has 0 aliphatic rings. The van der Waals surface area contributed by atoms with E-state index in [0.717, 1.165) is 89.9 Å². The van der Waals surface area contributed by atoms with E-state index in [0.29, 0.717) is 19.3 Å². The fraction of sp³-hybridized carbons (Fsp3) is 0.800. The van der Waals surface area contributed by atoms with Gasteiger partial charge in [0.1, 0.15) is 13.2 Å². The lowest BCUT2D eigenvalue weighted by atomic mass is 10.0. The van der Waals surface area contributed by atoms with Gasteiger partial charge in [0.15, 0.2) is 6.10 Å². The zero-order valence-electron chi connectivity index (χ0n) is 40.4. The van der Waals surface area contributed by atoms with Crippen LogP contribution in [-0.2, 0) is 28.6 Å². The molecule has 0 aromatic carbocycles. The van der Waals surface area contributed by atoms with E-state index in [9.17, 15) is 14.4 Å². The fourth-order valence-corrected chi connectivity index (χ4v) is 7.31. The molecule has 0 radical (unpaired) electrons. The molecule has 0 aromatic rings. The quantitative estimate of drug-likeness (QED) is 0.0263. The van der Waals surface area contributed by atoms with Crippen molar-refractivity contribution in [2.75, 3.05) is 13.2 Å². The molecule has 0 aliphatic carbocycles. The highest BCUT2D eigenvalue weighted by molar-refractivity contribution is 5.71. The molecule has 1 unspecified atom stereocenters. The van der Waals surface area contributed by atoms with Crippen molar-refractivity contribution in [3.63, 3.8) is 0 Å². The molecule has 0 fully saturated rings. The highest BCUT2D eigenvalue weighted by Gasteiger charge is 2.19. The molecule has 0 aromatic heterocycles. The largest absolute Gasteiger partial charge is 0.462 e. The van der Waals surface area contributed by atoms with Crippen molar-refractivity contribution in [2.24, 2.45) is 0 Å². The molecule has 0 saturated heterocycles. The van der Waals surface area contributed by atoms with E-state index in [-0.39, 0.29) is 31.1 Å². The second-order valence-electron chi connectivity index (χ2n) is 17.4. The van der Waals surface area contributed by atoms with Gasteiger partial charge in [-0.2, -0.15) is 0 Å². The summed E-state index contributed by atoms with van der Waals surface area (Å²) < 4.78 is 16.6. The minimum atomic E-state index is -0.771. The third kappa shape index (κ3) is 48.3. The van der Waals surface area contributed by atoms with Crippen LogP contribution in [-0.4, -0.2) is 37.2 Å².